The van der Waals surface area contributed by atoms with E-state index in [4.69, 9.17) is 33.2 Å². The van der Waals surface area contributed by atoms with Gasteiger partial charge in [-0.25, -0.2) is 0 Å². The number of nitro groups is 1. The Morgan fingerprint density at radius 1 is 0.625 bits per heavy atom. The molecule has 1 rings (SSSR count). The first-order valence-corrected chi connectivity index (χ1v) is 11.1. The van der Waals surface area contributed by atoms with Gasteiger partial charge in [-0.1, -0.05) is 13.3 Å². The van der Waals surface area contributed by atoms with E-state index in [0.717, 1.165) is 19.4 Å². The fourth-order valence-electron chi connectivity index (χ4n) is 2.33. The van der Waals surface area contributed by atoms with E-state index in [0.29, 0.717) is 85.0 Å². The molecular weight excluding hydrogens is 422 g/mol. The summed E-state index contributed by atoms with van der Waals surface area (Å²) >= 11 is 0. The predicted molar refractivity (Wildman–Crippen MR) is 118 cm³/mol. The highest BCUT2D eigenvalue weighted by Crippen LogP contribution is 2.16. The van der Waals surface area contributed by atoms with E-state index in [9.17, 15) is 10.1 Å². The van der Waals surface area contributed by atoms with E-state index in [1.807, 2.05) is 0 Å². The number of ether oxygens (including phenoxy) is 7. The number of hydrogen-bond donors (Lipinski definition) is 0. The third-order valence-corrected chi connectivity index (χ3v) is 4.05. The summed E-state index contributed by atoms with van der Waals surface area (Å²) in [6, 6.07) is 5.93. The van der Waals surface area contributed by atoms with Crippen LogP contribution in [0.4, 0.5) is 5.69 Å². The Morgan fingerprint density at radius 3 is 1.38 bits per heavy atom. The average molecular weight is 460 g/mol. The first-order valence-electron chi connectivity index (χ1n) is 11.1. The summed E-state index contributed by atoms with van der Waals surface area (Å²) < 4.78 is 37.9. The topological polar surface area (TPSA) is 108 Å². The van der Waals surface area contributed by atoms with Crippen molar-refractivity contribution in [3.63, 3.8) is 0 Å². The molecule has 0 N–H and O–H groups in total. The van der Waals surface area contributed by atoms with Gasteiger partial charge in [0.1, 0.15) is 12.4 Å². The van der Waals surface area contributed by atoms with Gasteiger partial charge in [0.2, 0.25) is 0 Å². The lowest BCUT2D eigenvalue weighted by Gasteiger charge is -2.09. The average Bonchev–Trinajstić information content (AvgIpc) is 2.80. The zero-order valence-electron chi connectivity index (χ0n) is 19.0. The molecule has 0 aliphatic heterocycles. The number of nitrogens with zero attached hydrogens (tertiary/aromatic N) is 1. The Hall–Kier alpha value is -1.82. The van der Waals surface area contributed by atoms with E-state index in [1.54, 1.807) is 12.1 Å². The molecule has 1 aromatic carbocycles. The van der Waals surface area contributed by atoms with Crippen molar-refractivity contribution in [1.82, 2.24) is 0 Å². The number of non-ortho nitro benzene ring substituents is 1. The van der Waals surface area contributed by atoms with Gasteiger partial charge in [0.15, 0.2) is 0 Å². The van der Waals surface area contributed by atoms with Crippen LogP contribution in [0.15, 0.2) is 24.3 Å². The van der Waals surface area contributed by atoms with Crippen LogP contribution in [0.25, 0.3) is 0 Å². The van der Waals surface area contributed by atoms with Crippen molar-refractivity contribution < 1.29 is 38.1 Å². The fraction of sp³-hybridized carbons (Fsp3) is 0.727. The van der Waals surface area contributed by atoms with Crippen molar-refractivity contribution in [2.45, 2.75) is 19.8 Å². The van der Waals surface area contributed by atoms with Gasteiger partial charge in [0, 0.05) is 18.7 Å². The molecule has 184 valence electrons. The van der Waals surface area contributed by atoms with Gasteiger partial charge in [-0.2, -0.15) is 0 Å². The fourth-order valence-corrected chi connectivity index (χ4v) is 2.33. The van der Waals surface area contributed by atoms with Crippen LogP contribution in [0.1, 0.15) is 19.8 Å². The Kier molecular flexibility index (Phi) is 18.6. The highest BCUT2D eigenvalue weighted by molar-refractivity contribution is 5.35. The third-order valence-electron chi connectivity index (χ3n) is 4.05. The maximum Gasteiger partial charge on any atom is 0.269 e. The van der Waals surface area contributed by atoms with Crippen LogP contribution >= 0.6 is 0 Å². The highest BCUT2D eigenvalue weighted by atomic mass is 16.6. The molecule has 0 saturated carbocycles. The lowest BCUT2D eigenvalue weighted by Crippen LogP contribution is -2.14. The van der Waals surface area contributed by atoms with Crippen molar-refractivity contribution in [3.8, 4) is 5.75 Å². The summed E-state index contributed by atoms with van der Waals surface area (Å²) in [6.07, 6.45) is 2.23. The maximum atomic E-state index is 10.6. The zero-order chi connectivity index (χ0) is 23.1. The number of benzene rings is 1. The molecule has 0 aromatic heterocycles. The van der Waals surface area contributed by atoms with E-state index in [-0.39, 0.29) is 5.69 Å². The van der Waals surface area contributed by atoms with Crippen molar-refractivity contribution >= 4 is 5.69 Å². The van der Waals surface area contributed by atoms with Gasteiger partial charge in [0.05, 0.1) is 77.6 Å². The smallest absolute Gasteiger partial charge is 0.269 e. The lowest BCUT2D eigenvalue weighted by molar-refractivity contribution is -0.384. The molecule has 0 bridgehead atoms. The monoisotopic (exact) mass is 459 g/mol. The molecule has 10 heteroatoms. The SMILES string of the molecule is CCCCOCCOCCOCCOCCOCCOCCOc1ccc([N+](=O)[O-])cc1. The zero-order valence-corrected chi connectivity index (χ0v) is 19.0. The van der Waals surface area contributed by atoms with E-state index < -0.39 is 4.92 Å². The standard InChI is InChI=1S/C22H37NO9/c1-2-3-8-26-9-10-27-11-12-28-13-14-29-15-16-30-17-18-31-19-20-32-22-6-4-21(5-7-22)23(24)25/h4-7H,2-3,8-20H2,1H3. The van der Waals surface area contributed by atoms with E-state index in [2.05, 4.69) is 6.92 Å². The van der Waals surface area contributed by atoms with Crippen LogP contribution in [0, 0.1) is 10.1 Å². The molecule has 0 radical (unpaired) electrons. The van der Waals surface area contributed by atoms with Crippen molar-refractivity contribution in [3.05, 3.63) is 34.4 Å². The van der Waals surface area contributed by atoms with Crippen LogP contribution in [-0.4, -0.2) is 90.8 Å². The summed E-state index contributed by atoms with van der Waals surface area (Å²) in [5.41, 5.74) is 0.0339. The van der Waals surface area contributed by atoms with Crippen LogP contribution in [-0.2, 0) is 28.4 Å². The summed E-state index contributed by atoms with van der Waals surface area (Å²) in [7, 11) is 0. The van der Waals surface area contributed by atoms with Crippen LogP contribution < -0.4 is 4.74 Å². The van der Waals surface area contributed by atoms with E-state index >= 15 is 0 Å². The molecule has 0 atom stereocenters. The number of unbranched alkanes of at least 4 members (excludes halogenated alkanes) is 1. The van der Waals surface area contributed by atoms with Crippen LogP contribution in [0.3, 0.4) is 0 Å². The summed E-state index contributed by atoms with van der Waals surface area (Å²) in [5, 5.41) is 10.6. The third kappa shape index (κ3) is 16.8. The Bertz CT molecular complexity index is 557. The largest absolute Gasteiger partial charge is 0.491 e. The molecule has 0 spiro atoms. The molecule has 1 aromatic rings. The Morgan fingerprint density at radius 2 is 1.00 bits per heavy atom. The highest BCUT2D eigenvalue weighted by Gasteiger charge is 2.04. The second-order valence-electron chi connectivity index (χ2n) is 6.63. The molecule has 0 heterocycles. The number of rotatable bonds is 23. The van der Waals surface area contributed by atoms with Crippen molar-refractivity contribution in [2.24, 2.45) is 0 Å². The van der Waals surface area contributed by atoms with E-state index in [1.165, 1.54) is 12.1 Å². The normalized spacial score (nSPS) is 11.0. The molecule has 0 fully saturated rings. The Labute approximate surface area is 190 Å². The van der Waals surface area contributed by atoms with Gasteiger partial charge in [-0.15, -0.1) is 0 Å². The minimum absolute atomic E-state index is 0.0339. The maximum absolute atomic E-state index is 10.6. The first-order chi connectivity index (χ1) is 15.7. The minimum Gasteiger partial charge on any atom is -0.491 e. The minimum atomic E-state index is -0.448. The van der Waals surface area contributed by atoms with Gasteiger partial charge >= 0.3 is 0 Å². The molecule has 0 aliphatic carbocycles. The van der Waals surface area contributed by atoms with Gasteiger partial charge in [0.25, 0.3) is 5.69 Å². The van der Waals surface area contributed by atoms with Crippen molar-refractivity contribution in [1.29, 1.82) is 0 Å². The molecule has 10 nitrogen and oxygen atoms in total. The second kappa shape index (κ2) is 21.0. The van der Waals surface area contributed by atoms with Crippen molar-refractivity contribution in [2.75, 3.05) is 85.9 Å². The summed E-state index contributed by atoms with van der Waals surface area (Å²) in [4.78, 5) is 10.1. The van der Waals surface area contributed by atoms with Crippen LogP contribution in [0.2, 0.25) is 0 Å². The Balaban J connectivity index is 1.73. The molecule has 0 unspecified atom stereocenters. The molecule has 0 amide bonds. The van der Waals surface area contributed by atoms with Crippen LogP contribution in [0.5, 0.6) is 5.75 Å². The molecule has 0 aliphatic rings. The summed E-state index contributed by atoms with van der Waals surface area (Å²) in [5.74, 6) is 0.566. The summed E-state index contributed by atoms with van der Waals surface area (Å²) in [6.45, 7) is 8.97. The van der Waals surface area contributed by atoms with Gasteiger partial charge in [-0.05, 0) is 18.6 Å². The first kappa shape index (κ1) is 28.2. The quantitative estimate of drug-likeness (QED) is 0.139. The molecule has 0 saturated heterocycles. The predicted octanol–water partition coefficient (Wildman–Crippen LogP) is 2.87. The lowest BCUT2D eigenvalue weighted by atomic mass is 10.3. The van der Waals surface area contributed by atoms with Gasteiger partial charge < -0.3 is 33.2 Å². The molecule has 32 heavy (non-hydrogen) atoms. The van der Waals surface area contributed by atoms with Gasteiger partial charge in [-0.3, -0.25) is 10.1 Å². The number of nitro benzene ring substituents is 1. The second-order valence-corrected chi connectivity index (χ2v) is 6.63. The molecular formula is C22H37NO9. The number of hydrogen-bond acceptors (Lipinski definition) is 9.